The molecular formula is C26H49N5O4Si2. The SMILES string of the molecule is CC(C)C(C)(C)[Si](C)(C)OC[C@H]1O[C@@H](n2cnc3c(=O)[nH]c(N)nc32)C[C@@H]1O[Si](C)(C)C(C)(C)C(C)C. The Kier molecular flexibility index (Phi) is 8.29. The number of aromatic amines is 1. The number of aromatic nitrogens is 4. The average Bonchev–Trinajstić information content (AvgIpc) is 3.35. The van der Waals surface area contributed by atoms with E-state index in [1.54, 1.807) is 10.9 Å². The summed E-state index contributed by atoms with van der Waals surface area (Å²) in [6.07, 6.45) is 1.46. The van der Waals surface area contributed by atoms with E-state index in [4.69, 9.17) is 19.3 Å². The monoisotopic (exact) mass is 551 g/mol. The molecule has 1 fully saturated rings. The Bertz CT molecular complexity index is 1160. The topological polar surface area (TPSA) is 117 Å². The van der Waals surface area contributed by atoms with Gasteiger partial charge in [0.2, 0.25) is 5.95 Å². The third-order valence-electron chi connectivity index (χ3n) is 9.99. The predicted molar refractivity (Wildman–Crippen MR) is 155 cm³/mol. The fraction of sp³-hybridized carbons (Fsp3) is 0.808. The summed E-state index contributed by atoms with van der Waals surface area (Å²) < 4.78 is 22.2. The Hall–Kier alpha value is -1.54. The molecule has 1 aliphatic heterocycles. The van der Waals surface area contributed by atoms with Crippen LogP contribution in [0.3, 0.4) is 0 Å². The number of hydrogen-bond acceptors (Lipinski definition) is 7. The molecular weight excluding hydrogens is 502 g/mol. The van der Waals surface area contributed by atoms with Crippen LogP contribution >= 0.6 is 0 Å². The molecule has 1 aliphatic rings. The predicted octanol–water partition coefficient (Wildman–Crippen LogP) is 5.67. The van der Waals surface area contributed by atoms with E-state index in [0.29, 0.717) is 30.5 Å². The van der Waals surface area contributed by atoms with Crippen molar-refractivity contribution < 1.29 is 13.6 Å². The van der Waals surface area contributed by atoms with Gasteiger partial charge in [0.1, 0.15) is 12.3 Å². The number of anilines is 1. The highest BCUT2D eigenvalue weighted by Gasteiger charge is 2.50. The lowest BCUT2D eigenvalue weighted by Crippen LogP contribution is -2.51. The molecule has 11 heteroatoms. The Morgan fingerprint density at radius 2 is 1.68 bits per heavy atom. The van der Waals surface area contributed by atoms with Crippen LogP contribution in [0.4, 0.5) is 5.95 Å². The molecule has 0 aromatic carbocycles. The first-order valence-corrected chi connectivity index (χ1v) is 19.3. The van der Waals surface area contributed by atoms with Gasteiger partial charge in [-0.3, -0.25) is 14.3 Å². The van der Waals surface area contributed by atoms with Crippen molar-refractivity contribution in [1.82, 2.24) is 19.5 Å². The maximum atomic E-state index is 12.4. The van der Waals surface area contributed by atoms with Gasteiger partial charge in [-0.05, 0) is 48.1 Å². The van der Waals surface area contributed by atoms with E-state index in [0.717, 1.165) is 0 Å². The zero-order chi connectivity index (χ0) is 28.1. The first-order chi connectivity index (χ1) is 16.8. The Morgan fingerprint density at radius 1 is 1.11 bits per heavy atom. The molecule has 9 nitrogen and oxygen atoms in total. The highest BCUT2D eigenvalue weighted by atomic mass is 28.4. The van der Waals surface area contributed by atoms with Crippen LogP contribution in [-0.4, -0.2) is 55.0 Å². The largest absolute Gasteiger partial charge is 0.414 e. The molecule has 3 rings (SSSR count). The lowest BCUT2D eigenvalue weighted by Gasteiger charge is -2.45. The summed E-state index contributed by atoms with van der Waals surface area (Å²) in [5.41, 5.74) is 6.15. The summed E-state index contributed by atoms with van der Waals surface area (Å²) in [5, 5.41) is 0.160. The van der Waals surface area contributed by atoms with E-state index in [9.17, 15) is 4.79 Å². The molecule has 37 heavy (non-hydrogen) atoms. The lowest BCUT2D eigenvalue weighted by atomic mass is 9.99. The number of H-pyrrole nitrogens is 1. The molecule has 3 N–H and O–H groups in total. The van der Waals surface area contributed by atoms with Gasteiger partial charge in [0.15, 0.2) is 27.8 Å². The fourth-order valence-electron chi connectivity index (χ4n) is 4.70. The molecule has 0 unspecified atom stereocenters. The number of rotatable bonds is 10. The van der Waals surface area contributed by atoms with E-state index in [2.05, 4.69) is 96.5 Å². The van der Waals surface area contributed by atoms with E-state index in [1.807, 2.05) is 0 Å². The van der Waals surface area contributed by atoms with E-state index >= 15 is 0 Å². The number of imidazole rings is 1. The molecule has 0 amide bonds. The number of nitrogens with two attached hydrogens (primary N) is 1. The number of nitrogens with one attached hydrogen (secondary N) is 1. The lowest BCUT2D eigenvalue weighted by molar-refractivity contribution is -0.0390. The van der Waals surface area contributed by atoms with Crippen molar-refractivity contribution in [3.63, 3.8) is 0 Å². The fourth-order valence-corrected chi connectivity index (χ4v) is 9.74. The molecule has 210 valence electrons. The van der Waals surface area contributed by atoms with Crippen LogP contribution < -0.4 is 11.3 Å². The standard InChI is InChI=1S/C26H49N5O4Si2/c1-16(2)25(5,6)36(9,10)33-14-19-18(35-37(11,12)26(7,8)17(3)4)13-20(34-19)31-15-28-21-22(31)29-24(27)30-23(21)32/h15-20H,13-14H2,1-12H3,(H3,27,29,30,32)/t18-,19+,20+/m0/s1. The second-order valence-corrected chi connectivity index (χ2v) is 22.5. The van der Waals surface area contributed by atoms with Crippen molar-refractivity contribution in [3.05, 3.63) is 16.7 Å². The summed E-state index contributed by atoms with van der Waals surface area (Å²) in [7, 11) is -4.22. The Labute approximate surface area is 224 Å². The molecule has 1 saturated heterocycles. The molecule has 2 aromatic rings. The minimum Gasteiger partial charge on any atom is -0.414 e. The van der Waals surface area contributed by atoms with E-state index in [-0.39, 0.29) is 45.5 Å². The van der Waals surface area contributed by atoms with Crippen molar-refractivity contribution in [2.24, 2.45) is 11.8 Å². The van der Waals surface area contributed by atoms with Gasteiger partial charge >= 0.3 is 0 Å². The molecule has 2 aromatic heterocycles. The smallest absolute Gasteiger partial charge is 0.280 e. The molecule has 0 radical (unpaired) electrons. The van der Waals surface area contributed by atoms with Gasteiger partial charge in [-0.2, -0.15) is 4.98 Å². The highest BCUT2D eigenvalue weighted by molar-refractivity contribution is 6.74. The van der Waals surface area contributed by atoms with Gasteiger partial charge in [0, 0.05) is 6.42 Å². The second-order valence-electron chi connectivity index (χ2n) is 13.4. The maximum absolute atomic E-state index is 12.4. The minimum absolute atomic E-state index is 0.0563. The number of nitrogen functional groups attached to an aromatic ring is 1. The third-order valence-corrected chi connectivity index (χ3v) is 19.1. The van der Waals surface area contributed by atoms with Crippen molar-refractivity contribution in [1.29, 1.82) is 0 Å². The van der Waals surface area contributed by atoms with Crippen LogP contribution in [0.5, 0.6) is 0 Å². The minimum atomic E-state index is -2.16. The number of fused-ring (bicyclic) bond motifs is 1. The summed E-state index contributed by atoms with van der Waals surface area (Å²) in [6.45, 7) is 27.9. The molecule has 0 aliphatic carbocycles. The van der Waals surface area contributed by atoms with Crippen molar-refractivity contribution in [3.8, 4) is 0 Å². The normalized spacial score (nSPS) is 22.1. The summed E-state index contributed by atoms with van der Waals surface area (Å²) in [6, 6.07) is 0. The van der Waals surface area contributed by atoms with Gasteiger partial charge in [-0.25, -0.2) is 4.98 Å². The molecule has 0 saturated carbocycles. The van der Waals surface area contributed by atoms with E-state index in [1.165, 1.54) is 0 Å². The van der Waals surface area contributed by atoms with Crippen LogP contribution in [0.2, 0.25) is 36.3 Å². The Balaban J connectivity index is 1.93. The second kappa shape index (κ2) is 10.2. The zero-order valence-electron chi connectivity index (χ0n) is 24.9. The van der Waals surface area contributed by atoms with Gasteiger partial charge < -0.3 is 19.3 Å². The maximum Gasteiger partial charge on any atom is 0.280 e. The van der Waals surface area contributed by atoms with Crippen molar-refractivity contribution in [2.75, 3.05) is 12.3 Å². The number of nitrogens with zero attached hydrogens (tertiary/aromatic N) is 3. The van der Waals surface area contributed by atoms with Crippen LogP contribution in [0.1, 0.15) is 68.0 Å². The van der Waals surface area contributed by atoms with Gasteiger partial charge in [0.05, 0.1) is 19.0 Å². The summed E-state index contributed by atoms with van der Waals surface area (Å²) in [4.78, 5) is 23.5. The van der Waals surface area contributed by atoms with Crippen molar-refractivity contribution in [2.45, 2.75) is 117 Å². The first-order valence-electron chi connectivity index (χ1n) is 13.5. The molecule has 0 spiro atoms. The van der Waals surface area contributed by atoms with Crippen LogP contribution in [0.25, 0.3) is 11.2 Å². The van der Waals surface area contributed by atoms with Crippen LogP contribution in [0.15, 0.2) is 11.1 Å². The quantitative estimate of drug-likeness (QED) is 0.365. The number of ether oxygens (including phenoxy) is 1. The highest BCUT2D eigenvalue weighted by Crippen LogP contribution is 2.48. The number of hydrogen-bond donors (Lipinski definition) is 2. The van der Waals surface area contributed by atoms with Crippen LogP contribution in [-0.2, 0) is 13.6 Å². The first kappa shape index (κ1) is 30.0. The summed E-state index contributed by atoms with van der Waals surface area (Å²) in [5.74, 6) is 1.04. The van der Waals surface area contributed by atoms with Crippen molar-refractivity contribution >= 4 is 33.7 Å². The van der Waals surface area contributed by atoms with Gasteiger partial charge in [-0.1, -0.05) is 55.4 Å². The molecule has 3 heterocycles. The third kappa shape index (κ3) is 5.61. The van der Waals surface area contributed by atoms with Gasteiger partial charge in [0.25, 0.3) is 5.56 Å². The van der Waals surface area contributed by atoms with Gasteiger partial charge in [-0.15, -0.1) is 0 Å². The zero-order valence-corrected chi connectivity index (χ0v) is 26.9. The van der Waals surface area contributed by atoms with Crippen LogP contribution in [0, 0.1) is 11.8 Å². The van der Waals surface area contributed by atoms with E-state index < -0.39 is 16.6 Å². The Morgan fingerprint density at radius 3 is 2.24 bits per heavy atom. The average molecular weight is 552 g/mol. The molecule has 3 atom stereocenters. The molecule has 0 bridgehead atoms. The summed E-state index contributed by atoms with van der Waals surface area (Å²) >= 11 is 0.